The quantitative estimate of drug-likeness (QED) is 0.395. The smallest absolute Gasteiger partial charge is 0.269 e. The summed E-state index contributed by atoms with van der Waals surface area (Å²) in [5.74, 6) is 1.20. The standard InChI is InChI=1S/C23H33Cl2N5O2/c1-3-5-13-30-19(6-4-2)27-23(21(30)22(26)32)28-20(31)16-17-7-9-18(10-8-17)29(14-11-24)15-12-25/h7-10H,3-6,11-16H2,1-2H3,(H2,26,32)(H,28,31). The van der Waals surface area contributed by atoms with Crippen LogP contribution in [0.4, 0.5) is 11.5 Å². The van der Waals surface area contributed by atoms with Gasteiger partial charge in [0.15, 0.2) is 11.5 Å². The molecule has 2 amide bonds. The highest BCUT2D eigenvalue weighted by Crippen LogP contribution is 2.21. The number of nitrogens with one attached hydrogen (secondary N) is 1. The fourth-order valence-corrected chi connectivity index (χ4v) is 3.98. The summed E-state index contributed by atoms with van der Waals surface area (Å²) in [6.07, 6.45) is 3.63. The number of benzene rings is 1. The number of aryl methyl sites for hydroxylation is 1. The van der Waals surface area contributed by atoms with E-state index in [9.17, 15) is 9.59 Å². The van der Waals surface area contributed by atoms with Gasteiger partial charge in [-0.3, -0.25) is 9.59 Å². The molecule has 0 saturated heterocycles. The van der Waals surface area contributed by atoms with E-state index < -0.39 is 5.91 Å². The van der Waals surface area contributed by atoms with Gasteiger partial charge in [-0.2, -0.15) is 0 Å². The van der Waals surface area contributed by atoms with E-state index in [-0.39, 0.29) is 23.8 Å². The lowest BCUT2D eigenvalue weighted by Gasteiger charge is -2.23. The maximum atomic E-state index is 12.7. The van der Waals surface area contributed by atoms with Crippen LogP contribution in [0.5, 0.6) is 0 Å². The molecule has 0 aliphatic heterocycles. The molecule has 9 heteroatoms. The molecule has 0 unspecified atom stereocenters. The molecule has 0 saturated carbocycles. The summed E-state index contributed by atoms with van der Waals surface area (Å²) in [6, 6.07) is 7.72. The molecule has 0 aliphatic carbocycles. The molecular weight excluding hydrogens is 449 g/mol. The zero-order valence-corrected chi connectivity index (χ0v) is 20.4. The molecule has 1 aromatic carbocycles. The number of hydrogen-bond acceptors (Lipinski definition) is 4. The van der Waals surface area contributed by atoms with Crippen molar-refractivity contribution in [2.45, 2.75) is 52.5 Å². The number of halogens is 2. The van der Waals surface area contributed by atoms with Crippen LogP contribution >= 0.6 is 23.2 Å². The third-order valence-corrected chi connectivity index (χ3v) is 5.46. The maximum Gasteiger partial charge on any atom is 0.269 e. The Labute approximate surface area is 200 Å². The number of anilines is 2. The van der Waals surface area contributed by atoms with E-state index in [1.54, 1.807) is 0 Å². The van der Waals surface area contributed by atoms with Crippen molar-refractivity contribution in [3.8, 4) is 0 Å². The van der Waals surface area contributed by atoms with Crippen molar-refractivity contribution in [2.75, 3.05) is 35.1 Å². The Morgan fingerprint density at radius 1 is 1.09 bits per heavy atom. The van der Waals surface area contributed by atoms with Crippen LogP contribution in [0.25, 0.3) is 0 Å². The van der Waals surface area contributed by atoms with E-state index >= 15 is 0 Å². The highest BCUT2D eigenvalue weighted by molar-refractivity contribution is 6.18. The number of aromatic nitrogens is 2. The number of carbonyl (C=O) groups excluding carboxylic acids is 2. The molecule has 0 atom stereocenters. The number of rotatable bonds is 14. The van der Waals surface area contributed by atoms with Gasteiger partial charge in [0.05, 0.1) is 6.42 Å². The lowest BCUT2D eigenvalue weighted by atomic mass is 10.1. The summed E-state index contributed by atoms with van der Waals surface area (Å²) in [5, 5.41) is 2.80. The predicted octanol–water partition coefficient (Wildman–Crippen LogP) is 4.20. The Balaban J connectivity index is 2.15. The van der Waals surface area contributed by atoms with Gasteiger partial charge in [-0.1, -0.05) is 32.4 Å². The van der Waals surface area contributed by atoms with Crippen LogP contribution in [0.1, 0.15) is 55.0 Å². The van der Waals surface area contributed by atoms with Crippen LogP contribution in [0.2, 0.25) is 0 Å². The molecule has 1 aromatic heterocycles. The molecule has 1 heterocycles. The second-order valence-electron chi connectivity index (χ2n) is 7.60. The van der Waals surface area contributed by atoms with Gasteiger partial charge in [0.2, 0.25) is 5.91 Å². The molecule has 32 heavy (non-hydrogen) atoms. The van der Waals surface area contributed by atoms with Crippen molar-refractivity contribution in [3.63, 3.8) is 0 Å². The molecule has 2 rings (SSSR count). The first-order valence-electron chi connectivity index (χ1n) is 11.1. The zero-order chi connectivity index (χ0) is 23.5. The minimum atomic E-state index is -0.589. The normalized spacial score (nSPS) is 10.9. The Morgan fingerprint density at radius 3 is 2.28 bits per heavy atom. The molecular formula is C23H33Cl2N5O2. The monoisotopic (exact) mass is 481 g/mol. The number of imidazole rings is 1. The average Bonchev–Trinajstić information content (AvgIpc) is 3.09. The van der Waals surface area contributed by atoms with Gasteiger partial charge in [0.25, 0.3) is 5.91 Å². The number of unbranched alkanes of at least 4 members (excludes halogenated alkanes) is 1. The molecule has 0 bridgehead atoms. The Kier molecular flexibility index (Phi) is 10.8. The van der Waals surface area contributed by atoms with Crippen molar-refractivity contribution < 1.29 is 9.59 Å². The molecule has 3 N–H and O–H groups in total. The third kappa shape index (κ3) is 7.14. The molecule has 176 valence electrons. The Bertz CT molecular complexity index is 877. The number of carbonyl (C=O) groups is 2. The lowest BCUT2D eigenvalue weighted by molar-refractivity contribution is -0.115. The fraction of sp³-hybridized carbons (Fsp3) is 0.522. The number of alkyl halides is 2. The van der Waals surface area contributed by atoms with Crippen LogP contribution < -0.4 is 16.0 Å². The maximum absolute atomic E-state index is 12.7. The van der Waals surface area contributed by atoms with E-state index in [0.29, 0.717) is 37.8 Å². The summed E-state index contributed by atoms with van der Waals surface area (Å²) in [6.45, 7) is 6.18. The first-order valence-corrected chi connectivity index (χ1v) is 12.2. The zero-order valence-electron chi connectivity index (χ0n) is 18.9. The van der Waals surface area contributed by atoms with Crippen LogP contribution in [-0.4, -0.2) is 46.2 Å². The summed E-state index contributed by atoms with van der Waals surface area (Å²) in [4.78, 5) is 31.5. The van der Waals surface area contributed by atoms with Gasteiger partial charge in [-0.15, -0.1) is 23.2 Å². The second-order valence-corrected chi connectivity index (χ2v) is 8.36. The van der Waals surface area contributed by atoms with Gasteiger partial charge in [0, 0.05) is 43.5 Å². The molecule has 0 aliphatic rings. The predicted molar refractivity (Wildman–Crippen MR) is 132 cm³/mol. The van der Waals surface area contributed by atoms with Crippen LogP contribution in [0, 0.1) is 0 Å². The number of nitrogens with two attached hydrogens (primary N) is 1. The summed E-state index contributed by atoms with van der Waals surface area (Å²) < 4.78 is 1.85. The van der Waals surface area contributed by atoms with Gasteiger partial charge >= 0.3 is 0 Å². The van der Waals surface area contributed by atoms with Gasteiger partial charge in [0.1, 0.15) is 5.82 Å². The largest absolute Gasteiger partial charge is 0.369 e. The lowest BCUT2D eigenvalue weighted by Crippen LogP contribution is -2.27. The minimum Gasteiger partial charge on any atom is -0.369 e. The SMILES string of the molecule is CCCCn1c(CCC)nc(NC(=O)Cc2ccc(N(CCCl)CCCl)cc2)c1C(N)=O. The van der Waals surface area contributed by atoms with Crippen molar-refractivity contribution in [1.29, 1.82) is 0 Å². The van der Waals surface area contributed by atoms with E-state index in [0.717, 1.165) is 36.3 Å². The van der Waals surface area contributed by atoms with Crippen molar-refractivity contribution in [3.05, 3.63) is 41.3 Å². The Morgan fingerprint density at radius 2 is 1.75 bits per heavy atom. The van der Waals surface area contributed by atoms with E-state index in [1.165, 1.54) is 0 Å². The van der Waals surface area contributed by atoms with Crippen LogP contribution in [0.15, 0.2) is 24.3 Å². The average molecular weight is 482 g/mol. The van der Waals surface area contributed by atoms with E-state index in [1.807, 2.05) is 35.8 Å². The molecule has 0 spiro atoms. The molecule has 0 fully saturated rings. The summed E-state index contributed by atoms with van der Waals surface area (Å²) >= 11 is 11.8. The van der Waals surface area contributed by atoms with Crippen molar-refractivity contribution >= 4 is 46.5 Å². The highest BCUT2D eigenvalue weighted by Gasteiger charge is 2.22. The van der Waals surface area contributed by atoms with Crippen molar-refractivity contribution in [1.82, 2.24) is 9.55 Å². The topological polar surface area (TPSA) is 93.2 Å². The number of nitrogens with zero attached hydrogens (tertiary/aromatic N) is 3. The van der Waals surface area contributed by atoms with E-state index in [4.69, 9.17) is 28.9 Å². The fourth-order valence-electron chi connectivity index (χ4n) is 3.57. The first kappa shape index (κ1) is 26.0. The van der Waals surface area contributed by atoms with Crippen molar-refractivity contribution in [2.24, 2.45) is 5.73 Å². The molecule has 2 aromatic rings. The summed E-state index contributed by atoms with van der Waals surface area (Å²) in [7, 11) is 0. The second kappa shape index (κ2) is 13.3. The van der Waals surface area contributed by atoms with Crippen LogP contribution in [0.3, 0.4) is 0 Å². The summed E-state index contributed by atoms with van der Waals surface area (Å²) in [5.41, 5.74) is 7.77. The van der Waals surface area contributed by atoms with Crippen LogP contribution in [-0.2, 0) is 24.2 Å². The van der Waals surface area contributed by atoms with Gasteiger partial charge in [-0.25, -0.2) is 4.98 Å². The molecule has 0 radical (unpaired) electrons. The number of amides is 2. The highest BCUT2D eigenvalue weighted by atomic mass is 35.5. The number of primary amides is 1. The van der Waals surface area contributed by atoms with Gasteiger partial charge in [-0.05, 0) is 30.5 Å². The first-order chi connectivity index (χ1) is 15.4. The number of hydrogen-bond donors (Lipinski definition) is 2. The third-order valence-electron chi connectivity index (χ3n) is 5.12. The van der Waals surface area contributed by atoms with Gasteiger partial charge < -0.3 is 20.5 Å². The molecule has 7 nitrogen and oxygen atoms in total. The van der Waals surface area contributed by atoms with E-state index in [2.05, 4.69) is 22.1 Å². The minimum absolute atomic E-state index is 0.161. The Hall–Kier alpha value is -2.25.